The molecular weight excluding hydrogens is 428 g/mol. The SMILES string of the molecule is COC(=O)n1cc(C[C@@H]2N[C@H]3[C@@H](C[Si](C)(C)c4ccccc4)[C@@H]2[C@H]3C(C)=O)c2ccccc21. The molecule has 6 heteroatoms. The zero-order chi connectivity index (χ0) is 23.3. The average Bonchev–Trinajstić information content (AvgIpc) is 3.48. The van der Waals surface area contributed by atoms with Crippen molar-refractivity contribution < 1.29 is 14.3 Å². The van der Waals surface area contributed by atoms with E-state index in [9.17, 15) is 9.59 Å². The van der Waals surface area contributed by atoms with Gasteiger partial charge in [0.15, 0.2) is 0 Å². The molecule has 0 radical (unpaired) electrons. The summed E-state index contributed by atoms with van der Waals surface area (Å²) in [6, 6.07) is 20.5. The van der Waals surface area contributed by atoms with Gasteiger partial charge in [-0.15, -0.1) is 0 Å². The molecule has 3 aromatic rings. The van der Waals surface area contributed by atoms with Gasteiger partial charge in [0, 0.05) is 29.6 Å². The molecule has 0 amide bonds. The quantitative estimate of drug-likeness (QED) is 0.560. The molecule has 2 saturated heterocycles. The number of benzene rings is 2. The number of carbonyl (C=O) groups is 2. The zero-order valence-corrected chi connectivity index (χ0v) is 20.7. The Morgan fingerprint density at radius 3 is 2.45 bits per heavy atom. The topological polar surface area (TPSA) is 60.3 Å². The van der Waals surface area contributed by atoms with Crippen LogP contribution in [0.3, 0.4) is 0 Å². The van der Waals surface area contributed by atoms with E-state index in [0.717, 1.165) is 22.9 Å². The second-order valence-electron chi connectivity index (χ2n) is 10.3. The lowest BCUT2D eigenvalue weighted by atomic mass is 9.61. The van der Waals surface area contributed by atoms with Gasteiger partial charge in [-0.25, -0.2) is 4.79 Å². The van der Waals surface area contributed by atoms with E-state index >= 15 is 0 Å². The van der Waals surface area contributed by atoms with E-state index in [1.165, 1.54) is 18.3 Å². The van der Waals surface area contributed by atoms with Crippen molar-refractivity contribution in [1.82, 2.24) is 9.88 Å². The summed E-state index contributed by atoms with van der Waals surface area (Å²) in [5.74, 6) is 1.28. The summed E-state index contributed by atoms with van der Waals surface area (Å²) >= 11 is 0. The molecule has 1 saturated carbocycles. The van der Waals surface area contributed by atoms with E-state index in [1.54, 1.807) is 11.5 Å². The molecule has 3 fully saturated rings. The van der Waals surface area contributed by atoms with Gasteiger partial charge in [0.2, 0.25) is 0 Å². The third-order valence-corrected chi connectivity index (χ3v) is 11.4. The number of hydrogen-bond donors (Lipinski definition) is 1. The molecule has 2 aliphatic heterocycles. The molecule has 33 heavy (non-hydrogen) atoms. The molecule has 0 spiro atoms. The van der Waals surface area contributed by atoms with Gasteiger partial charge < -0.3 is 10.1 Å². The van der Waals surface area contributed by atoms with Gasteiger partial charge in [0.1, 0.15) is 5.78 Å². The van der Waals surface area contributed by atoms with Crippen molar-refractivity contribution >= 4 is 36.0 Å². The number of carbonyl (C=O) groups excluding carboxylic acids is 2. The number of ketones is 1. The lowest BCUT2D eigenvalue weighted by molar-refractivity contribution is -0.127. The number of hydrogen-bond acceptors (Lipinski definition) is 4. The maximum atomic E-state index is 12.5. The number of aromatic nitrogens is 1. The van der Waals surface area contributed by atoms with E-state index in [2.05, 4.69) is 54.8 Å². The van der Waals surface area contributed by atoms with E-state index in [4.69, 9.17) is 4.74 Å². The summed E-state index contributed by atoms with van der Waals surface area (Å²) in [5, 5.41) is 6.38. The zero-order valence-electron chi connectivity index (χ0n) is 19.7. The van der Waals surface area contributed by atoms with E-state index < -0.39 is 8.07 Å². The summed E-state index contributed by atoms with van der Waals surface area (Å²) in [4.78, 5) is 24.8. The Morgan fingerprint density at radius 2 is 1.76 bits per heavy atom. The molecule has 2 bridgehead atoms. The van der Waals surface area contributed by atoms with Gasteiger partial charge in [-0.05, 0) is 42.9 Å². The van der Waals surface area contributed by atoms with Gasteiger partial charge in [-0.2, -0.15) is 0 Å². The Morgan fingerprint density at radius 1 is 1.06 bits per heavy atom. The Balaban J connectivity index is 1.42. The Labute approximate surface area is 196 Å². The normalized spacial score (nSPS) is 26.2. The third kappa shape index (κ3) is 3.65. The first-order valence-corrected chi connectivity index (χ1v) is 15.0. The third-order valence-electron chi connectivity index (χ3n) is 8.00. The minimum Gasteiger partial charge on any atom is -0.452 e. The number of methoxy groups -OCH3 is 1. The van der Waals surface area contributed by atoms with Crippen molar-refractivity contribution in [2.24, 2.45) is 17.8 Å². The molecule has 5 atom stereocenters. The van der Waals surface area contributed by atoms with Crippen LogP contribution in [0, 0.1) is 17.8 Å². The highest BCUT2D eigenvalue weighted by atomic mass is 28.3. The fourth-order valence-corrected chi connectivity index (χ4v) is 9.51. The van der Waals surface area contributed by atoms with Gasteiger partial charge >= 0.3 is 6.09 Å². The first-order valence-electron chi connectivity index (χ1n) is 11.8. The number of para-hydroxylation sites is 1. The Bertz CT molecular complexity index is 1200. The van der Waals surface area contributed by atoms with Crippen molar-refractivity contribution in [2.45, 2.75) is 44.6 Å². The molecule has 3 aliphatic rings. The number of Topliss-reactive ketones (excluding diaryl/α,β-unsaturated/α-hetero) is 1. The summed E-state index contributed by atoms with van der Waals surface area (Å²) in [7, 11) is -0.211. The molecule has 6 rings (SSSR count). The summed E-state index contributed by atoms with van der Waals surface area (Å²) in [6.07, 6.45) is 2.34. The lowest BCUT2D eigenvalue weighted by Crippen LogP contribution is -2.55. The summed E-state index contributed by atoms with van der Waals surface area (Å²) < 4.78 is 6.58. The highest BCUT2D eigenvalue weighted by molar-refractivity contribution is 6.89. The standard InChI is InChI=1S/C27H32N2O3Si/c1-17(30)24-25-21(16-33(3,4)19-10-6-5-7-11-19)26(24)28-22(25)14-18-15-29(27(31)32-2)23-13-9-8-12-20(18)23/h5-13,15,21-22,24-26,28H,14,16H2,1-4H3/t21-,22-,24+,25-,26-/m0/s1. The number of rotatable bonds is 6. The fourth-order valence-electron chi connectivity index (χ4n) is 6.48. The molecule has 172 valence electrons. The van der Waals surface area contributed by atoms with Crippen molar-refractivity contribution in [3.63, 3.8) is 0 Å². The monoisotopic (exact) mass is 460 g/mol. The minimum atomic E-state index is -1.62. The number of nitrogens with zero attached hydrogens (tertiary/aromatic N) is 1. The smallest absolute Gasteiger partial charge is 0.418 e. The van der Waals surface area contributed by atoms with Crippen LogP contribution in [0.25, 0.3) is 10.9 Å². The number of nitrogens with one attached hydrogen (secondary N) is 1. The highest BCUT2D eigenvalue weighted by Gasteiger charge is 2.62. The van der Waals surface area contributed by atoms with Crippen LogP contribution in [-0.4, -0.2) is 43.7 Å². The Hall–Kier alpha value is -2.70. The van der Waals surface area contributed by atoms with E-state index in [1.807, 2.05) is 24.4 Å². The molecular formula is C27H32N2O3Si. The van der Waals surface area contributed by atoms with Crippen molar-refractivity contribution in [1.29, 1.82) is 0 Å². The average molecular weight is 461 g/mol. The van der Waals surface area contributed by atoms with Crippen LogP contribution in [0.5, 0.6) is 0 Å². The maximum Gasteiger partial charge on any atom is 0.418 e. The van der Waals surface area contributed by atoms with Crippen LogP contribution in [0.4, 0.5) is 4.79 Å². The molecule has 1 aromatic heterocycles. The van der Waals surface area contributed by atoms with Gasteiger partial charge in [-0.1, -0.05) is 66.8 Å². The molecule has 1 aliphatic carbocycles. The van der Waals surface area contributed by atoms with Crippen LogP contribution >= 0.6 is 0 Å². The number of fused-ring (bicyclic) bond motifs is 2. The molecule has 1 N–H and O–H groups in total. The predicted molar refractivity (Wildman–Crippen MR) is 134 cm³/mol. The molecule has 5 nitrogen and oxygen atoms in total. The van der Waals surface area contributed by atoms with E-state index in [-0.39, 0.29) is 24.1 Å². The van der Waals surface area contributed by atoms with Crippen molar-refractivity contribution in [3.05, 3.63) is 66.4 Å². The van der Waals surface area contributed by atoms with E-state index in [0.29, 0.717) is 17.6 Å². The van der Waals surface area contributed by atoms with Gasteiger partial charge in [0.05, 0.1) is 20.7 Å². The largest absolute Gasteiger partial charge is 0.452 e. The maximum absolute atomic E-state index is 12.5. The van der Waals surface area contributed by atoms with Crippen LogP contribution in [0.1, 0.15) is 12.5 Å². The highest BCUT2D eigenvalue weighted by Crippen LogP contribution is 2.53. The van der Waals surface area contributed by atoms with Gasteiger partial charge in [0.25, 0.3) is 0 Å². The van der Waals surface area contributed by atoms with Crippen LogP contribution in [0.2, 0.25) is 19.1 Å². The van der Waals surface area contributed by atoms with Crippen LogP contribution in [0.15, 0.2) is 60.8 Å². The minimum absolute atomic E-state index is 0.106. The molecule has 3 heterocycles. The van der Waals surface area contributed by atoms with Crippen molar-refractivity contribution in [3.8, 4) is 0 Å². The molecule has 0 unspecified atom stereocenters. The fraction of sp³-hybridized carbons (Fsp3) is 0.407. The second kappa shape index (κ2) is 8.26. The first kappa shape index (κ1) is 22.1. The van der Waals surface area contributed by atoms with Gasteiger partial charge in [-0.3, -0.25) is 9.36 Å². The summed E-state index contributed by atoms with van der Waals surface area (Å²) in [6.45, 7) is 6.64. The molecule has 2 aromatic carbocycles. The van der Waals surface area contributed by atoms with Crippen molar-refractivity contribution in [2.75, 3.05) is 7.11 Å². The second-order valence-corrected chi connectivity index (χ2v) is 15.1. The Kier molecular flexibility index (Phi) is 5.53. The predicted octanol–water partition coefficient (Wildman–Crippen LogP) is 4.21. The first-order chi connectivity index (χ1) is 15.8. The number of ether oxygens (including phenoxy) is 1. The van der Waals surface area contributed by atoms with Crippen LogP contribution < -0.4 is 10.5 Å². The summed E-state index contributed by atoms with van der Waals surface area (Å²) in [5.41, 5.74) is 1.99. The lowest BCUT2D eigenvalue weighted by Gasteiger charge is -2.46. The van der Waals surface area contributed by atoms with Crippen LogP contribution in [-0.2, 0) is 16.0 Å².